The second-order valence-corrected chi connectivity index (χ2v) is 6.27. The maximum absolute atomic E-state index is 12.6. The standard InChI is InChI=1S/C17H20F3N5O2/c1-10(2)14(15-22-7-8-25(15)9-13(21)26)24-16(27)23-12-5-3-11(4-6-12)17(18,19)20/h3-8,10,14H,9H2,1-2H3,(H2,21,26)(H2,23,24,27)/t14-/m0/s1. The molecule has 0 saturated carbocycles. The fourth-order valence-corrected chi connectivity index (χ4v) is 2.48. The van der Waals surface area contributed by atoms with Gasteiger partial charge in [0, 0.05) is 18.1 Å². The van der Waals surface area contributed by atoms with Gasteiger partial charge in [-0.3, -0.25) is 4.79 Å². The Bertz CT molecular complexity index is 800. The summed E-state index contributed by atoms with van der Waals surface area (Å²) in [5, 5.41) is 5.20. The number of aromatic nitrogens is 2. The van der Waals surface area contributed by atoms with Gasteiger partial charge in [-0.15, -0.1) is 0 Å². The van der Waals surface area contributed by atoms with E-state index in [1.54, 1.807) is 6.20 Å². The lowest BCUT2D eigenvalue weighted by Crippen LogP contribution is -2.37. The van der Waals surface area contributed by atoms with E-state index in [1.165, 1.54) is 22.9 Å². The van der Waals surface area contributed by atoms with Crippen LogP contribution in [0.4, 0.5) is 23.7 Å². The van der Waals surface area contributed by atoms with Gasteiger partial charge in [0.1, 0.15) is 12.4 Å². The van der Waals surface area contributed by atoms with Gasteiger partial charge in [-0.2, -0.15) is 13.2 Å². The number of nitrogens with two attached hydrogens (primary N) is 1. The number of imidazole rings is 1. The van der Waals surface area contributed by atoms with Crippen LogP contribution in [0.5, 0.6) is 0 Å². The Balaban J connectivity index is 2.10. The first-order valence-corrected chi connectivity index (χ1v) is 8.12. The van der Waals surface area contributed by atoms with Crippen molar-refractivity contribution in [2.45, 2.75) is 32.6 Å². The molecule has 3 amide bonds. The van der Waals surface area contributed by atoms with Crippen molar-refractivity contribution in [3.05, 3.63) is 48.0 Å². The van der Waals surface area contributed by atoms with Gasteiger partial charge >= 0.3 is 12.2 Å². The molecule has 1 heterocycles. The normalized spacial score (nSPS) is 12.7. The number of alkyl halides is 3. The second kappa shape index (κ2) is 8.11. The molecule has 0 saturated heterocycles. The quantitative estimate of drug-likeness (QED) is 0.715. The van der Waals surface area contributed by atoms with Crippen LogP contribution in [-0.4, -0.2) is 21.5 Å². The van der Waals surface area contributed by atoms with Gasteiger partial charge in [0.2, 0.25) is 5.91 Å². The van der Waals surface area contributed by atoms with E-state index in [9.17, 15) is 22.8 Å². The Labute approximate surface area is 153 Å². The molecule has 0 fully saturated rings. The van der Waals surface area contributed by atoms with Crippen LogP contribution >= 0.6 is 0 Å². The highest BCUT2D eigenvalue weighted by Crippen LogP contribution is 2.29. The van der Waals surface area contributed by atoms with Gasteiger partial charge in [0.25, 0.3) is 0 Å². The zero-order valence-electron chi connectivity index (χ0n) is 14.7. The molecular formula is C17H20F3N5O2. The number of anilines is 1. The van der Waals surface area contributed by atoms with Crippen LogP contribution in [0.2, 0.25) is 0 Å². The van der Waals surface area contributed by atoms with Gasteiger partial charge in [0.15, 0.2) is 0 Å². The molecule has 0 bridgehead atoms. The number of hydrogen-bond donors (Lipinski definition) is 3. The van der Waals surface area contributed by atoms with Gasteiger partial charge in [-0.05, 0) is 30.2 Å². The molecule has 4 N–H and O–H groups in total. The molecule has 1 aromatic heterocycles. The number of rotatable bonds is 6. The zero-order valence-corrected chi connectivity index (χ0v) is 14.7. The highest BCUT2D eigenvalue weighted by molar-refractivity contribution is 5.89. The number of nitrogens with one attached hydrogen (secondary N) is 2. The van der Waals surface area contributed by atoms with E-state index >= 15 is 0 Å². The van der Waals surface area contributed by atoms with Crippen LogP contribution < -0.4 is 16.4 Å². The fraction of sp³-hybridized carbons (Fsp3) is 0.353. The summed E-state index contributed by atoms with van der Waals surface area (Å²) in [6.07, 6.45) is -1.38. The molecule has 0 aliphatic carbocycles. The maximum atomic E-state index is 12.6. The molecule has 0 aliphatic rings. The molecule has 27 heavy (non-hydrogen) atoms. The average molecular weight is 383 g/mol. The molecule has 0 radical (unpaired) electrons. The minimum atomic E-state index is -4.44. The van der Waals surface area contributed by atoms with Crippen molar-refractivity contribution in [2.75, 3.05) is 5.32 Å². The van der Waals surface area contributed by atoms with Crippen molar-refractivity contribution in [3.63, 3.8) is 0 Å². The zero-order chi connectivity index (χ0) is 20.2. The molecular weight excluding hydrogens is 363 g/mol. The number of amides is 3. The molecule has 0 aliphatic heterocycles. The number of benzene rings is 1. The van der Waals surface area contributed by atoms with Crippen molar-refractivity contribution in [2.24, 2.45) is 11.7 Å². The Hall–Kier alpha value is -3.04. The van der Waals surface area contributed by atoms with Crippen LogP contribution in [0, 0.1) is 5.92 Å². The molecule has 2 aromatic rings. The average Bonchev–Trinajstić information content (AvgIpc) is 2.99. The maximum Gasteiger partial charge on any atom is 0.416 e. The van der Waals surface area contributed by atoms with Gasteiger partial charge in [0.05, 0.1) is 11.6 Å². The van der Waals surface area contributed by atoms with Crippen molar-refractivity contribution in [1.29, 1.82) is 0 Å². The molecule has 0 unspecified atom stereocenters. The monoisotopic (exact) mass is 383 g/mol. The van der Waals surface area contributed by atoms with Gasteiger partial charge in [-0.25, -0.2) is 9.78 Å². The lowest BCUT2D eigenvalue weighted by Gasteiger charge is -2.23. The molecule has 7 nitrogen and oxygen atoms in total. The third kappa shape index (κ3) is 5.47. The summed E-state index contributed by atoms with van der Waals surface area (Å²) >= 11 is 0. The van der Waals surface area contributed by atoms with E-state index < -0.39 is 29.7 Å². The van der Waals surface area contributed by atoms with Crippen LogP contribution in [0.15, 0.2) is 36.7 Å². The number of nitrogens with zero attached hydrogens (tertiary/aromatic N) is 2. The summed E-state index contributed by atoms with van der Waals surface area (Å²) < 4.78 is 39.3. The first kappa shape index (κ1) is 20.3. The highest BCUT2D eigenvalue weighted by Gasteiger charge is 2.30. The van der Waals surface area contributed by atoms with E-state index in [1.807, 2.05) is 13.8 Å². The number of hydrogen-bond acceptors (Lipinski definition) is 3. The third-order valence-corrected chi connectivity index (χ3v) is 3.78. The third-order valence-electron chi connectivity index (χ3n) is 3.78. The minimum Gasteiger partial charge on any atom is -0.368 e. The summed E-state index contributed by atoms with van der Waals surface area (Å²) in [4.78, 5) is 27.6. The minimum absolute atomic E-state index is 0.0719. The van der Waals surface area contributed by atoms with Crippen LogP contribution in [-0.2, 0) is 17.5 Å². The topological polar surface area (TPSA) is 102 Å². The second-order valence-electron chi connectivity index (χ2n) is 6.27. The molecule has 2 rings (SSSR count). The number of urea groups is 1. The first-order valence-electron chi connectivity index (χ1n) is 8.12. The van der Waals surface area contributed by atoms with Crippen molar-refractivity contribution in [1.82, 2.24) is 14.9 Å². The molecule has 0 spiro atoms. The number of carbonyl (C=O) groups excluding carboxylic acids is 2. The largest absolute Gasteiger partial charge is 0.416 e. The lowest BCUT2D eigenvalue weighted by atomic mass is 10.0. The van der Waals surface area contributed by atoms with Crippen LogP contribution in [0.3, 0.4) is 0 Å². The lowest BCUT2D eigenvalue weighted by molar-refractivity contribution is -0.137. The Morgan fingerprint density at radius 3 is 2.37 bits per heavy atom. The number of carbonyl (C=O) groups is 2. The SMILES string of the molecule is CC(C)[C@H](NC(=O)Nc1ccc(C(F)(F)F)cc1)c1nccn1CC(N)=O. The van der Waals surface area contributed by atoms with Gasteiger partial charge < -0.3 is 20.9 Å². The van der Waals surface area contributed by atoms with Gasteiger partial charge in [-0.1, -0.05) is 13.8 Å². The van der Waals surface area contributed by atoms with E-state index in [-0.39, 0.29) is 18.2 Å². The molecule has 1 atom stereocenters. The Morgan fingerprint density at radius 1 is 1.22 bits per heavy atom. The number of halogens is 3. The molecule has 10 heteroatoms. The number of primary amides is 1. The summed E-state index contributed by atoms with van der Waals surface area (Å²) in [7, 11) is 0. The predicted octanol–water partition coefficient (Wildman–Crippen LogP) is 2.91. The van der Waals surface area contributed by atoms with Crippen LogP contribution in [0.25, 0.3) is 0 Å². The van der Waals surface area contributed by atoms with Crippen molar-refractivity contribution in [3.8, 4) is 0 Å². The Kier molecular flexibility index (Phi) is 6.09. The summed E-state index contributed by atoms with van der Waals surface area (Å²) in [6, 6.07) is 2.96. The highest BCUT2D eigenvalue weighted by atomic mass is 19.4. The summed E-state index contributed by atoms with van der Waals surface area (Å²) in [5.74, 6) is -0.172. The smallest absolute Gasteiger partial charge is 0.368 e. The predicted molar refractivity (Wildman–Crippen MR) is 92.6 cm³/mol. The fourth-order valence-electron chi connectivity index (χ4n) is 2.48. The van der Waals surface area contributed by atoms with E-state index in [0.29, 0.717) is 5.82 Å². The Morgan fingerprint density at radius 2 is 1.85 bits per heavy atom. The molecule has 146 valence electrons. The summed E-state index contributed by atoms with van der Waals surface area (Å²) in [5.41, 5.74) is 4.62. The molecule has 1 aromatic carbocycles. The van der Waals surface area contributed by atoms with E-state index in [2.05, 4.69) is 15.6 Å². The van der Waals surface area contributed by atoms with Crippen molar-refractivity contribution < 1.29 is 22.8 Å². The van der Waals surface area contributed by atoms with Crippen molar-refractivity contribution >= 4 is 17.6 Å². The first-order chi connectivity index (χ1) is 12.6. The van der Waals surface area contributed by atoms with Crippen LogP contribution in [0.1, 0.15) is 31.3 Å². The van der Waals surface area contributed by atoms with E-state index in [4.69, 9.17) is 5.73 Å². The summed E-state index contributed by atoms with van der Waals surface area (Å²) in [6.45, 7) is 3.62. The van der Waals surface area contributed by atoms with E-state index in [0.717, 1.165) is 12.1 Å².